The summed E-state index contributed by atoms with van der Waals surface area (Å²) >= 11 is 0. The van der Waals surface area contributed by atoms with Crippen LogP contribution in [0.15, 0.2) is 48.5 Å². The summed E-state index contributed by atoms with van der Waals surface area (Å²) in [6.07, 6.45) is 1.33. The van der Waals surface area contributed by atoms with E-state index < -0.39 is 5.54 Å². The van der Waals surface area contributed by atoms with Crippen LogP contribution in [0.4, 0.5) is 5.69 Å². The molecule has 1 heterocycles. The molecule has 0 bridgehead atoms. The van der Waals surface area contributed by atoms with Crippen LogP contribution in [0.5, 0.6) is 0 Å². The number of ether oxygens (including phenoxy) is 1. The number of aliphatic hydroxyl groups excluding tert-OH is 1. The van der Waals surface area contributed by atoms with Gasteiger partial charge in [0.05, 0.1) is 25.4 Å². The van der Waals surface area contributed by atoms with Crippen LogP contribution in [0.2, 0.25) is 0 Å². The first-order valence-corrected chi connectivity index (χ1v) is 10.3. The third-order valence-corrected chi connectivity index (χ3v) is 6.07. The molecule has 0 spiro atoms. The van der Waals surface area contributed by atoms with Gasteiger partial charge < -0.3 is 14.7 Å². The van der Waals surface area contributed by atoms with Gasteiger partial charge >= 0.3 is 0 Å². The molecule has 1 aliphatic heterocycles. The van der Waals surface area contributed by atoms with Crippen molar-refractivity contribution in [3.8, 4) is 0 Å². The summed E-state index contributed by atoms with van der Waals surface area (Å²) in [5, 5.41) is 9.31. The van der Waals surface area contributed by atoms with Gasteiger partial charge in [-0.25, -0.2) is 0 Å². The van der Waals surface area contributed by atoms with Crippen molar-refractivity contribution < 1.29 is 14.6 Å². The number of morpholine rings is 1. The molecule has 5 nitrogen and oxygen atoms in total. The van der Waals surface area contributed by atoms with Crippen LogP contribution in [0.1, 0.15) is 34.8 Å². The summed E-state index contributed by atoms with van der Waals surface area (Å²) in [7, 11) is 3.97. The zero-order valence-electron chi connectivity index (χ0n) is 17.7. The van der Waals surface area contributed by atoms with Crippen LogP contribution < -0.4 is 4.90 Å². The van der Waals surface area contributed by atoms with E-state index >= 15 is 0 Å². The minimum absolute atomic E-state index is 0.0265. The number of rotatable bonds is 8. The summed E-state index contributed by atoms with van der Waals surface area (Å²) in [5.74, 6) is 0.151. The highest BCUT2D eigenvalue weighted by molar-refractivity contribution is 6.07. The first-order chi connectivity index (χ1) is 14.0. The van der Waals surface area contributed by atoms with E-state index in [9.17, 15) is 9.90 Å². The first-order valence-electron chi connectivity index (χ1n) is 10.3. The van der Waals surface area contributed by atoms with Gasteiger partial charge in [0.25, 0.3) is 0 Å². The Morgan fingerprint density at radius 1 is 1.07 bits per heavy atom. The molecule has 3 rings (SSSR count). The number of ketones is 1. The fourth-order valence-corrected chi connectivity index (χ4v) is 4.14. The topological polar surface area (TPSA) is 53.0 Å². The Morgan fingerprint density at radius 2 is 1.69 bits per heavy atom. The zero-order valence-corrected chi connectivity index (χ0v) is 17.7. The number of para-hydroxylation sites is 1. The second kappa shape index (κ2) is 9.53. The summed E-state index contributed by atoms with van der Waals surface area (Å²) in [6, 6.07) is 15.8. The lowest BCUT2D eigenvalue weighted by Crippen LogP contribution is -2.53. The van der Waals surface area contributed by atoms with E-state index in [4.69, 9.17) is 4.74 Å². The third-order valence-electron chi connectivity index (χ3n) is 6.07. The predicted octanol–water partition coefficient (Wildman–Crippen LogP) is 3.15. The standard InChI is InChI=1S/C24H32N2O3/c1-4-24(25(2)3,17-19-9-11-20(18-27)12-10-19)23(28)21-7-5-6-8-22(21)26-13-15-29-16-14-26/h5-12,27H,4,13-18H2,1-3H3. The summed E-state index contributed by atoms with van der Waals surface area (Å²) in [4.78, 5) is 18.3. The van der Waals surface area contributed by atoms with Gasteiger partial charge in [0, 0.05) is 24.3 Å². The minimum Gasteiger partial charge on any atom is -0.392 e. The van der Waals surface area contributed by atoms with Crippen molar-refractivity contribution >= 4 is 11.5 Å². The molecule has 1 atom stereocenters. The molecule has 1 unspecified atom stereocenters. The highest BCUT2D eigenvalue weighted by Crippen LogP contribution is 2.32. The van der Waals surface area contributed by atoms with Gasteiger partial charge in [0.1, 0.15) is 0 Å². The molecular formula is C24H32N2O3. The van der Waals surface area contributed by atoms with Crippen molar-refractivity contribution in [3.05, 3.63) is 65.2 Å². The Hall–Kier alpha value is -2.21. The molecule has 5 heteroatoms. The highest BCUT2D eigenvalue weighted by atomic mass is 16.5. The molecule has 2 aromatic rings. The average molecular weight is 397 g/mol. The SMILES string of the molecule is CCC(Cc1ccc(CO)cc1)(C(=O)c1ccccc1N1CCOCC1)N(C)C. The van der Waals surface area contributed by atoms with Gasteiger partial charge in [-0.15, -0.1) is 0 Å². The molecule has 1 saturated heterocycles. The van der Waals surface area contributed by atoms with Crippen molar-refractivity contribution in [2.45, 2.75) is 31.9 Å². The van der Waals surface area contributed by atoms with Crippen molar-refractivity contribution in [2.75, 3.05) is 45.3 Å². The van der Waals surface area contributed by atoms with Gasteiger partial charge in [0.15, 0.2) is 5.78 Å². The molecule has 0 aliphatic carbocycles. The van der Waals surface area contributed by atoms with Crippen LogP contribution in [0, 0.1) is 0 Å². The molecule has 0 aromatic heterocycles. The van der Waals surface area contributed by atoms with E-state index in [1.54, 1.807) is 0 Å². The normalized spacial score (nSPS) is 16.7. The molecule has 29 heavy (non-hydrogen) atoms. The van der Waals surface area contributed by atoms with E-state index in [-0.39, 0.29) is 12.4 Å². The van der Waals surface area contributed by atoms with Crippen LogP contribution in [0.3, 0.4) is 0 Å². The quantitative estimate of drug-likeness (QED) is 0.695. The number of hydrogen-bond acceptors (Lipinski definition) is 5. The highest BCUT2D eigenvalue weighted by Gasteiger charge is 2.40. The summed E-state index contributed by atoms with van der Waals surface area (Å²) in [5.41, 5.74) is 3.11. The van der Waals surface area contributed by atoms with E-state index in [0.717, 1.165) is 35.5 Å². The first kappa shape index (κ1) is 21.5. The monoisotopic (exact) mass is 396 g/mol. The Balaban J connectivity index is 1.97. The lowest BCUT2D eigenvalue weighted by molar-refractivity contribution is 0.0666. The van der Waals surface area contributed by atoms with Crippen LogP contribution in [0.25, 0.3) is 0 Å². The minimum atomic E-state index is -0.636. The number of anilines is 1. The van der Waals surface area contributed by atoms with Gasteiger partial charge in [-0.3, -0.25) is 9.69 Å². The van der Waals surface area contributed by atoms with E-state index in [1.165, 1.54) is 0 Å². The van der Waals surface area contributed by atoms with Gasteiger partial charge in [0.2, 0.25) is 0 Å². The molecule has 1 N–H and O–H groups in total. The molecule has 1 aliphatic rings. The second-order valence-corrected chi connectivity index (χ2v) is 7.88. The van der Waals surface area contributed by atoms with Crippen molar-refractivity contribution in [3.63, 3.8) is 0 Å². The molecular weight excluding hydrogens is 364 g/mol. The van der Waals surface area contributed by atoms with E-state index in [2.05, 4.69) is 16.7 Å². The number of aliphatic hydroxyl groups is 1. The maximum absolute atomic E-state index is 14.0. The van der Waals surface area contributed by atoms with E-state index in [0.29, 0.717) is 26.1 Å². The van der Waals surface area contributed by atoms with Crippen molar-refractivity contribution in [2.24, 2.45) is 0 Å². The Bertz CT molecular complexity index is 813. The average Bonchev–Trinajstić information content (AvgIpc) is 2.78. The number of Topliss-reactive ketones (excluding diaryl/α,β-unsaturated/α-hetero) is 1. The number of likely N-dealkylation sites (N-methyl/N-ethyl adjacent to an activating group) is 1. The van der Waals surface area contributed by atoms with E-state index in [1.807, 2.05) is 62.6 Å². The van der Waals surface area contributed by atoms with Gasteiger partial charge in [-0.2, -0.15) is 0 Å². The molecule has 156 valence electrons. The number of hydrogen-bond donors (Lipinski definition) is 1. The maximum Gasteiger partial charge on any atom is 0.185 e. The molecule has 0 amide bonds. The largest absolute Gasteiger partial charge is 0.392 e. The Kier molecular flexibility index (Phi) is 7.06. The molecule has 2 aromatic carbocycles. The number of nitrogens with zero attached hydrogens (tertiary/aromatic N) is 2. The van der Waals surface area contributed by atoms with Gasteiger partial charge in [-0.05, 0) is 50.2 Å². The third kappa shape index (κ3) is 4.53. The fraction of sp³-hybridized carbons (Fsp3) is 0.458. The van der Waals surface area contributed by atoms with Crippen molar-refractivity contribution in [1.29, 1.82) is 0 Å². The molecule has 0 radical (unpaired) electrons. The number of benzene rings is 2. The van der Waals surface area contributed by atoms with Crippen LogP contribution >= 0.6 is 0 Å². The molecule has 0 saturated carbocycles. The number of carbonyl (C=O) groups excluding carboxylic acids is 1. The fourth-order valence-electron chi connectivity index (χ4n) is 4.14. The lowest BCUT2D eigenvalue weighted by Gasteiger charge is -2.39. The molecule has 1 fully saturated rings. The Labute approximate surface area is 173 Å². The summed E-state index contributed by atoms with van der Waals surface area (Å²) < 4.78 is 5.49. The predicted molar refractivity (Wildman–Crippen MR) is 117 cm³/mol. The maximum atomic E-state index is 14.0. The van der Waals surface area contributed by atoms with Gasteiger partial charge in [-0.1, -0.05) is 43.3 Å². The smallest absolute Gasteiger partial charge is 0.185 e. The van der Waals surface area contributed by atoms with Crippen molar-refractivity contribution in [1.82, 2.24) is 4.90 Å². The number of carbonyl (C=O) groups is 1. The summed E-state index contributed by atoms with van der Waals surface area (Å²) in [6.45, 7) is 5.08. The second-order valence-electron chi connectivity index (χ2n) is 7.88. The lowest BCUT2D eigenvalue weighted by atomic mass is 9.79. The Morgan fingerprint density at radius 3 is 2.28 bits per heavy atom. The van der Waals surface area contributed by atoms with Crippen LogP contribution in [-0.2, 0) is 17.8 Å². The van der Waals surface area contributed by atoms with Crippen LogP contribution in [-0.4, -0.2) is 61.7 Å². The zero-order chi connectivity index (χ0) is 20.9.